The predicted octanol–water partition coefficient (Wildman–Crippen LogP) is 4.55. The fourth-order valence-electron chi connectivity index (χ4n) is 2.76. The standard InChI is InChI=1S/C20H15BrN6O2S/c1-11-17(25-24-15-8-4-13(5-9-15)18(22)28)19(29)27(26-11)20-23-16(10-30-20)12-2-6-14(21)7-3-12/h2-10,17H,1H3,(H2,22,28)/t17-/m1/s1. The van der Waals surface area contributed by atoms with Gasteiger partial charge in [-0.1, -0.05) is 28.1 Å². The maximum atomic E-state index is 12.8. The van der Waals surface area contributed by atoms with Gasteiger partial charge in [0.25, 0.3) is 5.91 Å². The molecule has 0 saturated carbocycles. The number of thiazole rings is 1. The minimum atomic E-state index is -0.819. The number of hydrogen-bond acceptors (Lipinski definition) is 7. The minimum absolute atomic E-state index is 0.318. The van der Waals surface area contributed by atoms with Crippen molar-refractivity contribution < 1.29 is 9.59 Å². The molecule has 30 heavy (non-hydrogen) atoms. The zero-order valence-corrected chi connectivity index (χ0v) is 18.1. The first-order chi connectivity index (χ1) is 14.4. The summed E-state index contributed by atoms with van der Waals surface area (Å²) in [5, 5.41) is 16.2. The number of aromatic nitrogens is 1. The molecule has 4 rings (SSSR count). The summed E-state index contributed by atoms with van der Waals surface area (Å²) in [5.74, 6) is -0.837. The molecule has 8 nitrogen and oxygen atoms in total. The van der Waals surface area contributed by atoms with E-state index < -0.39 is 11.9 Å². The third-order valence-electron chi connectivity index (χ3n) is 4.35. The molecule has 10 heteroatoms. The van der Waals surface area contributed by atoms with Crippen LogP contribution in [0.25, 0.3) is 11.3 Å². The Morgan fingerprint density at radius 3 is 2.53 bits per heavy atom. The fraction of sp³-hybridized carbons (Fsp3) is 0.100. The van der Waals surface area contributed by atoms with Crippen molar-refractivity contribution in [1.29, 1.82) is 0 Å². The zero-order valence-electron chi connectivity index (χ0n) is 15.7. The molecular formula is C20H15BrN6O2S. The Bertz CT molecular complexity index is 1170. The summed E-state index contributed by atoms with van der Waals surface area (Å²) in [6.45, 7) is 1.72. The molecule has 0 bridgehead atoms. The number of anilines is 1. The lowest BCUT2D eigenvalue weighted by molar-refractivity contribution is -0.117. The lowest BCUT2D eigenvalue weighted by Crippen LogP contribution is -2.29. The van der Waals surface area contributed by atoms with E-state index >= 15 is 0 Å². The van der Waals surface area contributed by atoms with Gasteiger partial charge in [0.05, 0.1) is 17.1 Å². The zero-order chi connectivity index (χ0) is 21.3. The predicted molar refractivity (Wildman–Crippen MR) is 119 cm³/mol. The number of nitrogens with zero attached hydrogens (tertiary/aromatic N) is 5. The highest BCUT2D eigenvalue weighted by molar-refractivity contribution is 9.10. The molecule has 2 amide bonds. The Labute approximate surface area is 184 Å². The van der Waals surface area contributed by atoms with E-state index in [-0.39, 0.29) is 5.91 Å². The number of primary amides is 1. The van der Waals surface area contributed by atoms with Gasteiger partial charge in [-0.25, -0.2) is 4.98 Å². The molecule has 1 aliphatic heterocycles. The van der Waals surface area contributed by atoms with E-state index in [2.05, 4.69) is 36.2 Å². The van der Waals surface area contributed by atoms with Crippen molar-refractivity contribution in [2.24, 2.45) is 21.1 Å². The number of carbonyl (C=O) groups is 2. The van der Waals surface area contributed by atoms with Crippen LogP contribution in [0.15, 0.2) is 73.7 Å². The van der Waals surface area contributed by atoms with E-state index in [9.17, 15) is 9.59 Å². The van der Waals surface area contributed by atoms with Crippen molar-refractivity contribution >= 4 is 55.6 Å². The fourth-order valence-corrected chi connectivity index (χ4v) is 3.81. The van der Waals surface area contributed by atoms with Crippen LogP contribution in [-0.2, 0) is 4.79 Å². The van der Waals surface area contributed by atoms with Gasteiger partial charge in [0, 0.05) is 21.0 Å². The lowest BCUT2D eigenvalue weighted by Gasteiger charge is -2.08. The molecule has 2 aromatic carbocycles. The smallest absolute Gasteiger partial charge is 0.282 e. The molecule has 0 spiro atoms. The number of azo groups is 1. The molecule has 3 aromatic rings. The van der Waals surface area contributed by atoms with Crippen LogP contribution in [0.5, 0.6) is 0 Å². The van der Waals surface area contributed by atoms with Crippen LogP contribution in [0.1, 0.15) is 17.3 Å². The van der Waals surface area contributed by atoms with Gasteiger partial charge >= 0.3 is 0 Å². The lowest BCUT2D eigenvalue weighted by atomic mass is 10.2. The first kappa shape index (κ1) is 20.0. The summed E-state index contributed by atoms with van der Waals surface area (Å²) < 4.78 is 0.981. The average molecular weight is 483 g/mol. The quantitative estimate of drug-likeness (QED) is 0.537. The first-order valence-electron chi connectivity index (χ1n) is 8.83. The minimum Gasteiger partial charge on any atom is -0.366 e. The van der Waals surface area contributed by atoms with E-state index in [1.807, 2.05) is 29.6 Å². The largest absolute Gasteiger partial charge is 0.366 e. The second-order valence-corrected chi connectivity index (χ2v) is 8.19. The second kappa shape index (κ2) is 8.25. The van der Waals surface area contributed by atoms with Crippen LogP contribution in [0, 0.1) is 0 Å². The van der Waals surface area contributed by atoms with E-state index in [1.54, 1.807) is 31.2 Å². The molecule has 0 aliphatic carbocycles. The second-order valence-electron chi connectivity index (χ2n) is 6.44. The summed E-state index contributed by atoms with van der Waals surface area (Å²) in [6, 6.07) is 13.3. The number of rotatable bonds is 5. The molecule has 1 aromatic heterocycles. The number of nitrogens with two attached hydrogens (primary N) is 1. The topological polar surface area (TPSA) is 113 Å². The molecule has 0 fully saturated rings. The van der Waals surface area contributed by atoms with Crippen LogP contribution in [0.2, 0.25) is 0 Å². The first-order valence-corrected chi connectivity index (χ1v) is 10.5. The molecule has 1 aliphatic rings. The van der Waals surface area contributed by atoms with Crippen LogP contribution < -0.4 is 10.7 Å². The number of amides is 2. The molecule has 1 atom stereocenters. The maximum absolute atomic E-state index is 12.8. The van der Waals surface area contributed by atoms with Gasteiger partial charge in [-0.05, 0) is 43.3 Å². The highest BCUT2D eigenvalue weighted by Crippen LogP contribution is 2.31. The van der Waals surface area contributed by atoms with Gasteiger partial charge in [-0.15, -0.1) is 11.3 Å². The summed E-state index contributed by atoms with van der Waals surface area (Å²) >= 11 is 4.74. The van der Waals surface area contributed by atoms with Gasteiger partial charge in [0.15, 0.2) is 6.04 Å². The number of hydrazone groups is 1. The van der Waals surface area contributed by atoms with Gasteiger partial charge in [0.2, 0.25) is 11.0 Å². The van der Waals surface area contributed by atoms with Crippen molar-refractivity contribution in [3.63, 3.8) is 0 Å². The van der Waals surface area contributed by atoms with Gasteiger partial charge < -0.3 is 5.73 Å². The highest BCUT2D eigenvalue weighted by atomic mass is 79.9. The average Bonchev–Trinajstić information content (AvgIpc) is 3.32. The van der Waals surface area contributed by atoms with E-state index in [4.69, 9.17) is 5.73 Å². The van der Waals surface area contributed by atoms with Gasteiger partial charge in [-0.2, -0.15) is 20.3 Å². The maximum Gasteiger partial charge on any atom is 0.282 e. The number of halogens is 1. The third kappa shape index (κ3) is 4.05. The van der Waals surface area contributed by atoms with E-state index in [0.717, 1.165) is 15.7 Å². The van der Waals surface area contributed by atoms with Crippen molar-refractivity contribution in [1.82, 2.24) is 4.98 Å². The summed E-state index contributed by atoms with van der Waals surface area (Å²) in [7, 11) is 0. The number of hydrogen-bond donors (Lipinski definition) is 1. The Balaban J connectivity index is 1.51. The summed E-state index contributed by atoms with van der Waals surface area (Å²) in [5.41, 5.74) is 8.34. The summed E-state index contributed by atoms with van der Waals surface area (Å²) in [4.78, 5) is 28.5. The van der Waals surface area contributed by atoms with Crippen LogP contribution in [-0.4, -0.2) is 28.6 Å². The molecule has 0 unspecified atom stereocenters. The van der Waals surface area contributed by atoms with Crippen LogP contribution >= 0.6 is 27.3 Å². The highest BCUT2D eigenvalue weighted by Gasteiger charge is 2.36. The van der Waals surface area contributed by atoms with Crippen molar-refractivity contribution in [2.75, 3.05) is 5.01 Å². The SMILES string of the molecule is CC1=NN(c2nc(-c3ccc(Br)cc3)cs2)C(=O)[C@@H]1N=Nc1ccc(C(N)=O)cc1. The number of benzene rings is 2. The van der Waals surface area contributed by atoms with Crippen molar-refractivity contribution in [3.8, 4) is 11.3 Å². The van der Waals surface area contributed by atoms with Gasteiger partial charge in [0.1, 0.15) is 0 Å². The molecule has 0 radical (unpaired) electrons. The molecule has 150 valence electrons. The van der Waals surface area contributed by atoms with Crippen LogP contribution in [0.3, 0.4) is 0 Å². The number of carbonyl (C=O) groups excluding carboxylic acids is 2. The monoisotopic (exact) mass is 482 g/mol. The Morgan fingerprint density at radius 1 is 1.17 bits per heavy atom. The van der Waals surface area contributed by atoms with Crippen molar-refractivity contribution in [2.45, 2.75) is 13.0 Å². The third-order valence-corrected chi connectivity index (χ3v) is 5.69. The van der Waals surface area contributed by atoms with E-state index in [0.29, 0.717) is 22.1 Å². The Kier molecular flexibility index (Phi) is 5.51. The van der Waals surface area contributed by atoms with Gasteiger partial charge in [-0.3, -0.25) is 9.59 Å². The molecule has 2 heterocycles. The van der Waals surface area contributed by atoms with Crippen LogP contribution in [0.4, 0.5) is 10.8 Å². The summed E-state index contributed by atoms with van der Waals surface area (Å²) in [6.07, 6.45) is 0. The molecule has 2 N–H and O–H groups in total. The Morgan fingerprint density at radius 2 is 1.87 bits per heavy atom. The van der Waals surface area contributed by atoms with E-state index in [1.165, 1.54) is 16.3 Å². The molecular weight excluding hydrogens is 468 g/mol. The Hall–Kier alpha value is -3.24. The molecule has 0 saturated heterocycles. The van der Waals surface area contributed by atoms with Crippen molar-refractivity contribution in [3.05, 3.63) is 63.9 Å². The normalized spacial score (nSPS) is 16.3.